The van der Waals surface area contributed by atoms with Crippen LogP contribution < -0.4 is 0 Å². The van der Waals surface area contributed by atoms with Crippen molar-refractivity contribution in [2.45, 2.75) is 150 Å². The molecule has 0 heteroatoms. The third-order valence-electron chi connectivity index (χ3n) is 7.40. The quantitative estimate of drug-likeness (QED) is 0.413. The standard InChI is InChI=1S/C35H56/c1-23(19-25-20-26(31(2,3)4)17-18-27(25)32(5,6)7)24-21-28(33(8,9)10)30(35(14,15)16)29(22-24)34(11,12)13/h17-18,20-23H,19H2,1-16H3. The lowest BCUT2D eigenvalue weighted by molar-refractivity contribution is 0.495. The number of hydrogen-bond acceptors (Lipinski definition) is 0. The van der Waals surface area contributed by atoms with Gasteiger partial charge >= 0.3 is 0 Å². The van der Waals surface area contributed by atoms with Crippen molar-refractivity contribution in [3.05, 3.63) is 69.3 Å². The van der Waals surface area contributed by atoms with Gasteiger partial charge < -0.3 is 0 Å². The molecule has 0 fully saturated rings. The Bertz CT molecular complexity index is 993. The Balaban J connectivity index is 2.75. The van der Waals surface area contributed by atoms with Crippen LogP contribution in [0.25, 0.3) is 0 Å². The smallest absolute Gasteiger partial charge is 0.0126 e. The highest BCUT2D eigenvalue weighted by Crippen LogP contribution is 2.43. The lowest BCUT2D eigenvalue weighted by Gasteiger charge is -2.37. The maximum Gasteiger partial charge on any atom is -0.0126 e. The topological polar surface area (TPSA) is 0 Å². The Hall–Kier alpha value is -1.56. The Morgan fingerprint density at radius 3 is 1.29 bits per heavy atom. The molecule has 196 valence electrons. The fourth-order valence-electron chi connectivity index (χ4n) is 5.35. The molecule has 0 spiro atoms. The first kappa shape index (κ1) is 29.7. The van der Waals surface area contributed by atoms with Gasteiger partial charge in [0, 0.05) is 0 Å². The fraction of sp³-hybridized carbons (Fsp3) is 0.657. The number of benzene rings is 2. The van der Waals surface area contributed by atoms with Gasteiger partial charge in [0.25, 0.3) is 0 Å². The van der Waals surface area contributed by atoms with Gasteiger partial charge in [-0.1, -0.05) is 141 Å². The van der Waals surface area contributed by atoms with Crippen LogP contribution in [0.4, 0.5) is 0 Å². The molecule has 1 unspecified atom stereocenters. The molecule has 35 heavy (non-hydrogen) atoms. The first-order valence-electron chi connectivity index (χ1n) is 13.8. The molecule has 0 amide bonds. The van der Waals surface area contributed by atoms with Crippen LogP contribution in [0, 0.1) is 0 Å². The van der Waals surface area contributed by atoms with Gasteiger partial charge in [-0.25, -0.2) is 0 Å². The number of rotatable bonds is 3. The summed E-state index contributed by atoms with van der Waals surface area (Å²) in [7, 11) is 0. The zero-order chi connectivity index (χ0) is 27.4. The van der Waals surface area contributed by atoms with Gasteiger partial charge in [-0.3, -0.25) is 0 Å². The van der Waals surface area contributed by atoms with Crippen molar-refractivity contribution >= 4 is 0 Å². The minimum atomic E-state index is 0.0983. The van der Waals surface area contributed by atoms with Crippen LogP contribution >= 0.6 is 0 Å². The molecule has 0 N–H and O–H groups in total. The average molecular weight is 477 g/mol. The summed E-state index contributed by atoms with van der Waals surface area (Å²) in [4.78, 5) is 0. The molecule has 2 aromatic carbocycles. The van der Waals surface area contributed by atoms with E-state index in [4.69, 9.17) is 0 Å². The highest BCUT2D eigenvalue weighted by atomic mass is 14.4. The van der Waals surface area contributed by atoms with Gasteiger partial charge in [0.1, 0.15) is 0 Å². The van der Waals surface area contributed by atoms with Gasteiger partial charge in [-0.2, -0.15) is 0 Å². The minimum absolute atomic E-state index is 0.0983. The molecule has 0 aliphatic heterocycles. The summed E-state index contributed by atoms with van der Waals surface area (Å²) in [6.45, 7) is 37.8. The molecule has 0 saturated heterocycles. The summed E-state index contributed by atoms with van der Waals surface area (Å²) in [6, 6.07) is 12.3. The van der Waals surface area contributed by atoms with Crippen LogP contribution in [0.1, 0.15) is 156 Å². The molecule has 0 nitrogen and oxygen atoms in total. The second kappa shape index (κ2) is 9.39. The molecule has 0 aromatic heterocycles. The summed E-state index contributed by atoms with van der Waals surface area (Å²) in [5.74, 6) is 0.447. The third kappa shape index (κ3) is 7.02. The largest absolute Gasteiger partial charge is 0.0582 e. The van der Waals surface area contributed by atoms with Crippen LogP contribution in [-0.2, 0) is 33.5 Å². The predicted molar refractivity (Wildman–Crippen MR) is 159 cm³/mol. The molecular weight excluding hydrogens is 420 g/mol. The van der Waals surface area contributed by atoms with E-state index >= 15 is 0 Å². The SMILES string of the molecule is CC(Cc1cc(C(C)(C)C)ccc1C(C)(C)C)c1cc(C(C)(C)C)c(C(C)(C)C)c(C(C)(C)C)c1. The van der Waals surface area contributed by atoms with Crippen molar-refractivity contribution < 1.29 is 0 Å². The molecule has 1 atom stereocenters. The van der Waals surface area contributed by atoms with E-state index in [9.17, 15) is 0 Å². The molecule has 0 aliphatic rings. The maximum absolute atomic E-state index is 2.55. The predicted octanol–water partition coefficient (Wildman–Crippen LogP) is 10.5. The average Bonchev–Trinajstić information content (AvgIpc) is 2.63. The molecule has 2 rings (SSSR count). The minimum Gasteiger partial charge on any atom is -0.0582 e. The van der Waals surface area contributed by atoms with Gasteiger partial charge in [0.2, 0.25) is 0 Å². The van der Waals surface area contributed by atoms with Crippen molar-refractivity contribution in [2.24, 2.45) is 0 Å². The monoisotopic (exact) mass is 476 g/mol. The Morgan fingerprint density at radius 1 is 0.514 bits per heavy atom. The van der Waals surface area contributed by atoms with E-state index in [1.807, 2.05) is 0 Å². The van der Waals surface area contributed by atoms with E-state index in [0.29, 0.717) is 5.92 Å². The first-order chi connectivity index (χ1) is 15.4. The van der Waals surface area contributed by atoms with Crippen molar-refractivity contribution in [1.29, 1.82) is 0 Å². The van der Waals surface area contributed by atoms with Gasteiger partial charge in [0.05, 0.1) is 0 Å². The third-order valence-corrected chi connectivity index (χ3v) is 7.40. The zero-order valence-electron chi connectivity index (χ0n) is 26.2. The molecule has 0 radical (unpaired) electrons. The fourth-order valence-corrected chi connectivity index (χ4v) is 5.35. The lowest BCUT2D eigenvalue weighted by Crippen LogP contribution is -2.28. The van der Waals surface area contributed by atoms with Crippen molar-refractivity contribution in [3.63, 3.8) is 0 Å². The molecule has 0 bridgehead atoms. The van der Waals surface area contributed by atoms with Crippen LogP contribution in [0.15, 0.2) is 30.3 Å². The van der Waals surface area contributed by atoms with Crippen molar-refractivity contribution in [3.8, 4) is 0 Å². The highest BCUT2D eigenvalue weighted by Gasteiger charge is 2.33. The van der Waals surface area contributed by atoms with Gasteiger partial charge in [-0.15, -0.1) is 0 Å². The second-order valence-corrected chi connectivity index (χ2v) is 16.2. The summed E-state index contributed by atoms with van der Waals surface area (Å²) in [6.07, 6.45) is 1.07. The first-order valence-corrected chi connectivity index (χ1v) is 13.8. The molecule has 0 saturated carbocycles. The molecule has 0 aliphatic carbocycles. The molecular formula is C35H56. The van der Waals surface area contributed by atoms with E-state index in [2.05, 4.69) is 141 Å². The summed E-state index contributed by atoms with van der Waals surface area (Å²) < 4.78 is 0. The Morgan fingerprint density at radius 2 is 0.943 bits per heavy atom. The van der Waals surface area contributed by atoms with E-state index in [1.54, 1.807) is 5.56 Å². The Kier molecular flexibility index (Phi) is 7.96. The van der Waals surface area contributed by atoms with Crippen LogP contribution in [-0.4, -0.2) is 0 Å². The van der Waals surface area contributed by atoms with E-state index in [0.717, 1.165) is 6.42 Å². The van der Waals surface area contributed by atoms with E-state index < -0.39 is 0 Å². The van der Waals surface area contributed by atoms with Gasteiger partial charge in [0.15, 0.2) is 0 Å². The lowest BCUT2D eigenvalue weighted by atomic mass is 9.67. The molecule has 2 aromatic rings. The van der Waals surface area contributed by atoms with Crippen molar-refractivity contribution in [2.75, 3.05) is 0 Å². The number of hydrogen-bond donors (Lipinski definition) is 0. The van der Waals surface area contributed by atoms with Crippen LogP contribution in [0.3, 0.4) is 0 Å². The van der Waals surface area contributed by atoms with Crippen LogP contribution in [0.2, 0.25) is 0 Å². The van der Waals surface area contributed by atoms with E-state index in [-0.39, 0.29) is 27.1 Å². The zero-order valence-corrected chi connectivity index (χ0v) is 26.2. The van der Waals surface area contributed by atoms with Gasteiger partial charge in [-0.05, 0) is 78.4 Å². The highest BCUT2D eigenvalue weighted by molar-refractivity contribution is 5.50. The van der Waals surface area contributed by atoms with Crippen LogP contribution in [0.5, 0.6) is 0 Å². The molecule has 0 heterocycles. The summed E-state index contributed by atoms with van der Waals surface area (Å²) in [5, 5.41) is 0. The van der Waals surface area contributed by atoms with E-state index in [1.165, 1.54) is 33.4 Å². The van der Waals surface area contributed by atoms with Crippen molar-refractivity contribution in [1.82, 2.24) is 0 Å². The Labute approximate surface area is 219 Å². The maximum atomic E-state index is 2.55. The summed E-state index contributed by atoms with van der Waals surface area (Å²) in [5.41, 5.74) is 11.1. The summed E-state index contributed by atoms with van der Waals surface area (Å²) >= 11 is 0. The second-order valence-electron chi connectivity index (χ2n) is 16.2. The normalized spacial score (nSPS) is 14.9.